The molecule has 1 heterocycles. The molecule has 0 aliphatic heterocycles. The van der Waals surface area contributed by atoms with Crippen LogP contribution in [0.5, 0.6) is 0 Å². The van der Waals surface area contributed by atoms with Crippen molar-refractivity contribution in [2.24, 2.45) is 11.7 Å². The SMILES string of the molecule is NC(C(=O)C1CCCCCC1)c1cccs1. The molecule has 1 saturated carbocycles. The van der Waals surface area contributed by atoms with Crippen molar-refractivity contribution in [1.29, 1.82) is 0 Å². The van der Waals surface area contributed by atoms with E-state index in [0.717, 1.165) is 17.7 Å². The zero-order valence-electron chi connectivity index (χ0n) is 9.52. The third-order valence-electron chi connectivity index (χ3n) is 3.41. The number of ketones is 1. The lowest BCUT2D eigenvalue weighted by atomic mass is 9.91. The second-order valence-electron chi connectivity index (χ2n) is 4.58. The van der Waals surface area contributed by atoms with Gasteiger partial charge in [-0.05, 0) is 24.3 Å². The van der Waals surface area contributed by atoms with Crippen LogP contribution in [-0.4, -0.2) is 5.78 Å². The number of rotatable bonds is 3. The van der Waals surface area contributed by atoms with Crippen molar-refractivity contribution < 1.29 is 4.79 Å². The number of hydrogen-bond donors (Lipinski definition) is 1. The minimum absolute atomic E-state index is 0.208. The highest BCUT2D eigenvalue weighted by molar-refractivity contribution is 7.10. The van der Waals surface area contributed by atoms with Gasteiger partial charge in [-0.15, -0.1) is 11.3 Å². The molecule has 1 aliphatic carbocycles. The van der Waals surface area contributed by atoms with E-state index in [-0.39, 0.29) is 17.7 Å². The van der Waals surface area contributed by atoms with Crippen LogP contribution < -0.4 is 5.73 Å². The fourth-order valence-electron chi connectivity index (χ4n) is 2.43. The van der Waals surface area contributed by atoms with E-state index in [2.05, 4.69) is 0 Å². The molecule has 1 fully saturated rings. The summed E-state index contributed by atoms with van der Waals surface area (Å²) in [5.74, 6) is 0.462. The summed E-state index contributed by atoms with van der Waals surface area (Å²) in [6, 6.07) is 3.53. The van der Waals surface area contributed by atoms with Gasteiger partial charge in [-0.25, -0.2) is 0 Å². The minimum Gasteiger partial charge on any atom is -0.317 e. The van der Waals surface area contributed by atoms with Gasteiger partial charge in [0, 0.05) is 10.8 Å². The molecule has 0 spiro atoms. The van der Waals surface area contributed by atoms with Gasteiger partial charge < -0.3 is 5.73 Å². The average molecular weight is 237 g/mol. The lowest BCUT2D eigenvalue weighted by Crippen LogP contribution is -2.27. The Morgan fingerprint density at radius 1 is 1.31 bits per heavy atom. The zero-order valence-corrected chi connectivity index (χ0v) is 10.3. The van der Waals surface area contributed by atoms with Gasteiger partial charge >= 0.3 is 0 Å². The molecule has 0 amide bonds. The number of nitrogens with two attached hydrogens (primary N) is 1. The molecule has 2 rings (SSSR count). The number of carbonyl (C=O) groups is 1. The molecule has 1 aliphatic rings. The van der Waals surface area contributed by atoms with Gasteiger partial charge in [0.05, 0.1) is 6.04 Å². The van der Waals surface area contributed by atoms with Crippen molar-refractivity contribution in [3.8, 4) is 0 Å². The van der Waals surface area contributed by atoms with Crippen molar-refractivity contribution in [2.75, 3.05) is 0 Å². The van der Waals surface area contributed by atoms with Crippen LogP contribution in [0.2, 0.25) is 0 Å². The standard InChI is InChI=1S/C13H19NOS/c14-12(11-8-5-9-16-11)13(15)10-6-3-1-2-4-7-10/h5,8-10,12H,1-4,6-7,14H2. The van der Waals surface area contributed by atoms with E-state index in [1.54, 1.807) is 11.3 Å². The third-order valence-corrected chi connectivity index (χ3v) is 4.37. The molecule has 0 aromatic carbocycles. The summed E-state index contributed by atoms with van der Waals surface area (Å²) in [7, 11) is 0. The number of Topliss-reactive ketones (excluding diaryl/α,β-unsaturated/α-hetero) is 1. The molecular formula is C13H19NOS. The van der Waals surface area contributed by atoms with Crippen molar-refractivity contribution in [1.82, 2.24) is 0 Å². The van der Waals surface area contributed by atoms with E-state index in [0.29, 0.717) is 0 Å². The molecule has 1 atom stereocenters. The molecule has 0 saturated heterocycles. The van der Waals surface area contributed by atoms with Gasteiger partial charge in [0.15, 0.2) is 5.78 Å². The first-order valence-corrected chi connectivity index (χ1v) is 6.99. The highest BCUT2D eigenvalue weighted by Gasteiger charge is 2.26. The maximum atomic E-state index is 12.2. The molecule has 88 valence electrons. The average Bonchev–Trinajstić information content (AvgIpc) is 2.70. The van der Waals surface area contributed by atoms with E-state index in [1.807, 2.05) is 17.5 Å². The summed E-state index contributed by atoms with van der Waals surface area (Å²) in [6.07, 6.45) is 7.01. The monoisotopic (exact) mass is 237 g/mol. The van der Waals surface area contributed by atoms with Crippen LogP contribution in [0.1, 0.15) is 49.4 Å². The fourth-order valence-corrected chi connectivity index (χ4v) is 3.16. The van der Waals surface area contributed by atoms with Crippen molar-refractivity contribution in [3.05, 3.63) is 22.4 Å². The maximum absolute atomic E-state index is 12.2. The Balaban J connectivity index is 2.00. The summed E-state index contributed by atoms with van der Waals surface area (Å²) in [5.41, 5.74) is 6.03. The van der Waals surface area contributed by atoms with Crippen LogP contribution in [0.25, 0.3) is 0 Å². The van der Waals surface area contributed by atoms with E-state index in [1.165, 1.54) is 25.7 Å². The molecule has 1 aromatic rings. The van der Waals surface area contributed by atoms with Gasteiger partial charge in [0.2, 0.25) is 0 Å². The molecule has 1 aromatic heterocycles. The molecule has 0 bridgehead atoms. The van der Waals surface area contributed by atoms with Crippen molar-refractivity contribution >= 4 is 17.1 Å². The molecule has 1 unspecified atom stereocenters. The lowest BCUT2D eigenvalue weighted by Gasteiger charge is -2.17. The minimum atomic E-state index is -0.386. The summed E-state index contributed by atoms with van der Waals surface area (Å²) >= 11 is 1.58. The molecule has 3 heteroatoms. The zero-order chi connectivity index (χ0) is 11.4. The Morgan fingerprint density at radius 3 is 2.56 bits per heavy atom. The van der Waals surface area contributed by atoms with Crippen molar-refractivity contribution in [3.63, 3.8) is 0 Å². The van der Waals surface area contributed by atoms with Gasteiger partial charge in [-0.2, -0.15) is 0 Å². The first kappa shape index (κ1) is 11.8. The van der Waals surface area contributed by atoms with Crippen LogP contribution in [0.15, 0.2) is 17.5 Å². The first-order chi connectivity index (χ1) is 7.79. The summed E-state index contributed by atoms with van der Waals surface area (Å²) in [5, 5.41) is 1.98. The van der Waals surface area contributed by atoms with Crippen LogP contribution in [0.4, 0.5) is 0 Å². The molecule has 2 nitrogen and oxygen atoms in total. The number of hydrogen-bond acceptors (Lipinski definition) is 3. The molecule has 16 heavy (non-hydrogen) atoms. The first-order valence-electron chi connectivity index (χ1n) is 6.12. The maximum Gasteiger partial charge on any atom is 0.157 e. The molecular weight excluding hydrogens is 218 g/mol. The Labute approximate surface area is 101 Å². The van der Waals surface area contributed by atoms with Gasteiger partial charge in [-0.3, -0.25) is 4.79 Å². The van der Waals surface area contributed by atoms with Gasteiger partial charge in [0.1, 0.15) is 0 Å². The highest BCUT2D eigenvalue weighted by Crippen LogP contribution is 2.28. The predicted molar refractivity (Wildman–Crippen MR) is 67.4 cm³/mol. The smallest absolute Gasteiger partial charge is 0.157 e. The van der Waals surface area contributed by atoms with Crippen LogP contribution >= 0.6 is 11.3 Å². The van der Waals surface area contributed by atoms with Crippen LogP contribution in [-0.2, 0) is 4.79 Å². The normalized spacial score (nSPS) is 20.3. The topological polar surface area (TPSA) is 43.1 Å². The van der Waals surface area contributed by atoms with Crippen molar-refractivity contribution in [2.45, 2.75) is 44.6 Å². The number of carbonyl (C=O) groups excluding carboxylic acids is 1. The van der Waals surface area contributed by atoms with Crippen LogP contribution in [0.3, 0.4) is 0 Å². The van der Waals surface area contributed by atoms with E-state index < -0.39 is 0 Å². The Hall–Kier alpha value is -0.670. The summed E-state index contributed by atoms with van der Waals surface area (Å²) < 4.78 is 0. The van der Waals surface area contributed by atoms with Gasteiger partial charge in [0.25, 0.3) is 0 Å². The number of thiophene rings is 1. The van der Waals surface area contributed by atoms with E-state index in [4.69, 9.17) is 5.73 Å². The fraction of sp³-hybridized carbons (Fsp3) is 0.615. The second-order valence-corrected chi connectivity index (χ2v) is 5.56. The summed E-state index contributed by atoms with van der Waals surface area (Å²) in [6.45, 7) is 0. The highest BCUT2D eigenvalue weighted by atomic mass is 32.1. The third kappa shape index (κ3) is 2.71. The van der Waals surface area contributed by atoms with Gasteiger partial charge in [-0.1, -0.05) is 31.7 Å². The molecule has 2 N–H and O–H groups in total. The van der Waals surface area contributed by atoms with E-state index in [9.17, 15) is 4.79 Å². The quantitative estimate of drug-likeness (QED) is 0.820. The van der Waals surface area contributed by atoms with E-state index >= 15 is 0 Å². The Morgan fingerprint density at radius 2 is 2.00 bits per heavy atom. The van der Waals surface area contributed by atoms with Crippen LogP contribution in [0, 0.1) is 5.92 Å². The molecule has 0 radical (unpaired) electrons. The largest absolute Gasteiger partial charge is 0.317 e. The lowest BCUT2D eigenvalue weighted by molar-refractivity contribution is -0.124. The Bertz CT molecular complexity index is 326. The Kier molecular flexibility index (Phi) is 4.13. The summed E-state index contributed by atoms with van der Waals surface area (Å²) in [4.78, 5) is 13.2. The predicted octanol–water partition coefficient (Wildman–Crippen LogP) is 3.29. The second kappa shape index (κ2) is 5.60.